The summed E-state index contributed by atoms with van der Waals surface area (Å²) in [5.41, 5.74) is 6.09. The molecule has 1 aliphatic rings. The second-order valence-electron chi connectivity index (χ2n) is 10.6. The predicted octanol–water partition coefficient (Wildman–Crippen LogP) is 2.11. The lowest BCUT2D eigenvalue weighted by atomic mass is 10.0. The molecule has 210 valence electrons. The van der Waals surface area contributed by atoms with Crippen LogP contribution in [0.2, 0.25) is 0 Å². The Bertz CT molecular complexity index is 1020. The van der Waals surface area contributed by atoms with Gasteiger partial charge in [0.2, 0.25) is 17.7 Å². The van der Waals surface area contributed by atoms with Crippen LogP contribution in [-0.4, -0.2) is 65.5 Å². The maximum absolute atomic E-state index is 14.0. The van der Waals surface area contributed by atoms with Crippen LogP contribution in [0.5, 0.6) is 0 Å². The summed E-state index contributed by atoms with van der Waals surface area (Å²) in [6, 6.07) is 4.44. The number of ether oxygens (including phenoxy) is 2. The van der Waals surface area contributed by atoms with Gasteiger partial charge in [-0.1, -0.05) is 36.8 Å². The highest BCUT2D eigenvalue weighted by atomic mass is 16.6. The normalized spacial score (nSPS) is 17.9. The SMILES string of the molecule is CCOC(=O)CCNC(=O)C(c1ccc(C)cc1)N(C(=O)C(CC(N)=O)NC(=O)OC(C)(C)C)C1CC1C. The maximum Gasteiger partial charge on any atom is 0.408 e. The van der Waals surface area contributed by atoms with Gasteiger partial charge in [0.1, 0.15) is 17.7 Å². The summed E-state index contributed by atoms with van der Waals surface area (Å²) < 4.78 is 10.2. The van der Waals surface area contributed by atoms with Crippen molar-refractivity contribution >= 4 is 29.8 Å². The van der Waals surface area contributed by atoms with Crippen LogP contribution in [0, 0.1) is 12.8 Å². The summed E-state index contributed by atoms with van der Waals surface area (Å²) >= 11 is 0. The molecule has 0 heterocycles. The molecule has 0 bridgehead atoms. The molecule has 0 aliphatic heterocycles. The monoisotopic (exact) mass is 532 g/mol. The van der Waals surface area contributed by atoms with E-state index in [4.69, 9.17) is 15.2 Å². The number of aryl methyl sites for hydroxylation is 1. The van der Waals surface area contributed by atoms with Crippen LogP contribution >= 0.6 is 0 Å². The van der Waals surface area contributed by atoms with Crippen molar-refractivity contribution < 1.29 is 33.4 Å². The summed E-state index contributed by atoms with van der Waals surface area (Å²) in [6.07, 6.45) is -0.745. The highest BCUT2D eigenvalue weighted by Crippen LogP contribution is 2.40. The number of benzene rings is 1. The molecule has 4 atom stereocenters. The Hall–Kier alpha value is -3.63. The van der Waals surface area contributed by atoms with E-state index in [1.807, 2.05) is 26.0 Å². The Balaban J connectivity index is 2.41. The van der Waals surface area contributed by atoms with Crippen LogP contribution in [0.25, 0.3) is 0 Å². The third kappa shape index (κ3) is 9.35. The second kappa shape index (κ2) is 13.3. The van der Waals surface area contributed by atoms with Gasteiger partial charge in [-0.2, -0.15) is 0 Å². The first kappa shape index (κ1) is 30.6. The van der Waals surface area contributed by atoms with Gasteiger partial charge in [-0.15, -0.1) is 0 Å². The van der Waals surface area contributed by atoms with Gasteiger partial charge in [-0.25, -0.2) is 4.79 Å². The quantitative estimate of drug-likeness (QED) is 0.348. The molecule has 0 radical (unpaired) electrons. The van der Waals surface area contributed by atoms with E-state index in [0.29, 0.717) is 12.0 Å². The van der Waals surface area contributed by atoms with Gasteiger partial charge >= 0.3 is 12.1 Å². The fourth-order valence-electron chi connectivity index (χ4n) is 4.01. The molecular weight excluding hydrogens is 492 g/mol. The van der Waals surface area contributed by atoms with Gasteiger partial charge in [-0.05, 0) is 52.5 Å². The number of nitrogens with zero attached hydrogens (tertiary/aromatic N) is 1. The highest BCUT2D eigenvalue weighted by molar-refractivity contribution is 5.95. The van der Waals surface area contributed by atoms with E-state index >= 15 is 0 Å². The van der Waals surface area contributed by atoms with E-state index in [1.165, 1.54) is 4.90 Å². The molecule has 2 rings (SSSR count). The number of esters is 1. The van der Waals surface area contributed by atoms with Crippen LogP contribution in [0.15, 0.2) is 24.3 Å². The summed E-state index contributed by atoms with van der Waals surface area (Å²) in [4.78, 5) is 65.1. The molecule has 4 amide bonds. The lowest BCUT2D eigenvalue weighted by Gasteiger charge is -2.35. The van der Waals surface area contributed by atoms with Gasteiger partial charge in [0, 0.05) is 12.6 Å². The summed E-state index contributed by atoms with van der Waals surface area (Å²) in [5.74, 6) is -2.29. The topological polar surface area (TPSA) is 157 Å². The minimum atomic E-state index is -1.34. The average molecular weight is 533 g/mol. The first-order chi connectivity index (χ1) is 17.7. The molecule has 1 aliphatic carbocycles. The van der Waals surface area contributed by atoms with E-state index in [0.717, 1.165) is 5.56 Å². The summed E-state index contributed by atoms with van der Waals surface area (Å²) in [6.45, 7) is 10.8. The molecule has 1 aromatic carbocycles. The number of hydrogen-bond donors (Lipinski definition) is 3. The van der Waals surface area contributed by atoms with Crippen molar-refractivity contribution in [3.63, 3.8) is 0 Å². The molecule has 11 heteroatoms. The number of hydrogen-bond acceptors (Lipinski definition) is 7. The van der Waals surface area contributed by atoms with Gasteiger partial charge < -0.3 is 30.7 Å². The first-order valence-electron chi connectivity index (χ1n) is 12.8. The summed E-state index contributed by atoms with van der Waals surface area (Å²) in [7, 11) is 0. The third-order valence-electron chi connectivity index (χ3n) is 5.93. The molecule has 4 N–H and O–H groups in total. The standard InChI is InChI=1S/C27H40N4O7/c1-7-37-22(33)12-13-29-24(34)23(18-10-8-16(2)9-11-18)31(20-14-17(20)3)25(35)19(15-21(28)32)30-26(36)38-27(4,5)6/h8-11,17,19-20,23H,7,12-15H2,1-6H3,(H2,28,32)(H,29,34)(H,30,36). The zero-order valence-electron chi connectivity index (χ0n) is 23.0. The third-order valence-corrected chi connectivity index (χ3v) is 5.93. The van der Waals surface area contributed by atoms with Crippen LogP contribution in [0.4, 0.5) is 4.79 Å². The van der Waals surface area contributed by atoms with Gasteiger partial charge in [0.15, 0.2) is 0 Å². The van der Waals surface area contributed by atoms with E-state index in [9.17, 15) is 24.0 Å². The zero-order valence-corrected chi connectivity index (χ0v) is 23.0. The average Bonchev–Trinajstić information content (AvgIpc) is 3.51. The van der Waals surface area contributed by atoms with Crippen molar-refractivity contribution in [1.82, 2.24) is 15.5 Å². The highest BCUT2D eigenvalue weighted by Gasteiger charge is 2.48. The molecule has 0 aromatic heterocycles. The zero-order chi connectivity index (χ0) is 28.6. The van der Waals surface area contributed by atoms with Gasteiger partial charge in [-0.3, -0.25) is 19.2 Å². The molecule has 11 nitrogen and oxygen atoms in total. The number of carbonyl (C=O) groups is 5. The van der Waals surface area contributed by atoms with E-state index in [-0.39, 0.29) is 31.5 Å². The second-order valence-corrected chi connectivity index (χ2v) is 10.6. The smallest absolute Gasteiger partial charge is 0.408 e. The number of alkyl carbamates (subject to hydrolysis) is 1. The fraction of sp³-hybridized carbons (Fsp3) is 0.593. The number of nitrogens with one attached hydrogen (secondary N) is 2. The van der Waals surface area contributed by atoms with Crippen LogP contribution in [0.3, 0.4) is 0 Å². The lowest BCUT2D eigenvalue weighted by Crippen LogP contribution is -2.55. The molecule has 1 fully saturated rings. The molecule has 38 heavy (non-hydrogen) atoms. The number of primary amides is 1. The Morgan fingerprint density at radius 1 is 1.13 bits per heavy atom. The van der Waals surface area contributed by atoms with Crippen molar-refractivity contribution in [2.45, 2.75) is 84.5 Å². The first-order valence-corrected chi connectivity index (χ1v) is 12.8. The molecule has 0 saturated heterocycles. The minimum Gasteiger partial charge on any atom is -0.466 e. The van der Waals surface area contributed by atoms with E-state index in [1.54, 1.807) is 39.8 Å². The Morgan fingerprint density at radius 3 is 2.24 bits per heavy atom. The van der Waals surface area contributed by atoms with E-state index in [2.05, 4.69) is 10.6 Å². The molecule has 1 saturated carbocycles. The summed E-state index contributed by atoms with van der Waals surface area (Å²) in [5, 5.41) is 5.20. The Labute approximate surface area is 223 Å². The van der Waals surface area contributed by atoms with Crippen LogP contribution in [0.1, 0.15) is 71.0 Å². The van der Waals surface area contributed by atoms with Gasteiger partial charge in [0.05, 0.1) is 19.4 Å². The maximum atomic E-state index is 14.0. The number of amides is 4. The van der Waals surface area contributed by atoms with Crippen molar-refractivity contribution in [2.24, 2.45) is 11.7 Å². The van der Waals surface area contributed by atoms with Crippen molar-refractivity contribution in [1.29, 1.82) is 0 Å². The minimum absolute atomic E-state index is 0.0170. The van der Waals surface area contributed by atoms with Crippen LogP contribution in [-0.2, 0) is 28.7 Å². The molecule has 1 aromatic rings. The molecular formula is C27H40N4O7. The van der Waals surface area contributed by atoms with E-state index < -0.39 is 53.9 Å². The van der Waals surface area contributed by atoms with Crippen LogP contribution < -0.4 is 16.4 Å². The molecule has 4 unspecified atom stereocenters. The van der Waals surface area contributed by atoms with Gasteiger partial charge in [0.25, 0.3) is 0 Å². The van der Waals surface area contributed by atoms with Crippen molar-refractivity contribution in [3.8, 4) is 0 Å². The predicted molar refractivity (Wildman–Crippen MR) is 140 cm³/mol. The number of nitrogens with two attached hydrogens (primary N) is 1. The lowest BCUT2D eigenvalue weighted by molar-refractivity contribution is -0.145. The van der Waals surface area contributed by atoms with Crippen molar-refractivity contribution in [3.05, 3.63) is 35.4 Å². The van der Waals surface area contributed by atoms with Crippen molar-refractivity contribution in [2.75, 3.05) is 13.2 Å². The Morgan fingerprint density at radius 2 is 1.74 bits per heavy atom. The number of rotatable bonds is 12. The number of carbonyl (C=O) groups excluding carboxylic acids is 5. The molecule has 0 spiro atoms. The Kier molecular flexibility index (Phi) is 10.7. The largest absolute Gasteiger partial charge is 0.466 e. The fourth-order valence-corrected chi connectivity index (χ4v) is 4.01.